The third kappa shape index (κ3) is 2.50. The van der Waals surface area contributed by atoms with Crippen LogP contribution < -0.4 is 0 Å². The van der Waals surface area contributed by atoms with Crippen LogP contribution >= 0.6 is 23.1 Å². The zero-order chi connectivity index (χ0) is 12.4. The summed E-state index contributed by atoms with van der Waals surface area (Å²) in [7, 11) is 0. The third-order valence-electron chi connectivity index (χ3n) is 2.29. The number of benzene rings is 1. The molecule has 0 aliphatic heterocycles. The molecule has 17 heavy (non-hydrogen) atoms. The smallest absolute Gasteiger partial charge is 0.180 e. The maximum Gasteiger partial charge on any atom is 0.180 e. The fourth-order valence-corrected chi connectivity index (χ4v) is 2.21. The van der Waals surface area contributed by atoms with Crippen LogP contribution in [-0.2, 0) is 6.42 Å². The Bertz CT molecular complexity index is 570. The maximum absolute atomic E-state index is 13.6. The van der Waals surface area contributed by atoms with Gasteiger partial charge in [0.2, 0.25) is 0 Å². The number of Topliss-reactive ketones (excluding diaryl/α,β-unsaturated/α-hetero) is 1. The van der Waals surface area contributed by atoms with Crippen LogP contribution in [-0.4, -0.2) is 15.4 Å². The van der Waals surface area contributed by atoms with Crippen LogP contribution in [0.4, 0.5) is 4.39 Å². The van der Waals surface area contributed by atoms with Crippen molar-refractivity contribution in [2.75, 3.05) is 0 Å². The molecule has 2 aromatic rings. The van der Waals surface area contributed by atoms with E-state index in [1.54, 1.807) is 19.1 Å². The lowest BCUT2D eigenvalue weighted by Crippen LogP contribution is -2.05. The van der Waals surface area contributed by atoms with Crippen LogP contribution in [0.3, 0.4) is 0 Å². The molecule has 0 atom stereocenters. The van der Waals surface area contributed by atoms with Gasteiger partial charge in [0.25, 0.3) is 0 Å². The van der Waals surface area contributed by atoms with E-state index in [1.807, 2.05) is 0 Å². The summed E-state index contributed by atoms with van der Waals surface area (Å²) in [5, 5.41) is 3.77. The molecule has 3 nitrogen and oxygen atoms in total. The zero-order valence-electron chi connectivity index (χ0n) is 8.91. The molecule has 0 N–H and O–H groups in total. The number of hydrogen-bond donors (Lipinski definition) is 0. The molecular formula is C11H8ClFN2OS. The van der Waals surface area contributed by atoms with Gasteiger partial charge in [-0.2, -0.15) is 0 Å². The minimum atomic E-state index is -0.544. The highest BCUT2D eigenvalue weighted by Crippen LogP contribution is 2.20. The van der Waals surface area contributed by atoms with Gasteiger partial charge >= 0.3 is 0 Å². The molecule has 88 valence electrons. The van der Waals surface area contributed by atoms with Crippen molar-refractivity contribution in [2.45, 2.75) is 13.3 Å². The monoisotopic (exact) mass is 270 g/mol. The second-order valence-corrected chi connectivity index (χ2v) is 4.66. The molecule has 0 unspecified atom stereocenters. The normalized spacial score (nSPS) is 10.5. The number of carbonyl (C=O) groups excluding carboxylic acids is 1. The Labute approximate surface area is 106 Å². The highest BCUT2D eigenvalue weighted by molar-refractivity contribution is 7.08. The molecule has 0 amide bonds. The summed E-state index contributed by atoms with van der Waals surface area (Å²) in [5.74, 6) is -0.740. The molecule has 0 fully saturated rings. The van der Waals surface area contributed by atoms with E-state index in [0.717, 1.165) is 11.5 Å². The van der Waals surface area contributed by atoms with Gasteiger partial charge in [-0.3, -0.25) is 4.79 Å². The summed E-state index contributed by atoms with van der Waals surface area (Å²) < 4.78 is 17.3. The summed E-state index contributed by atoms with van der Waals surface area (Å²) in [5.41, 5.74) is 0.859. The van der Waals surface area contributed by atoms with Gasteiger partial charge < -0.3 is 0 Å². The summed E-state index contributed by atoms with van der Waals surface area (Å²) >= 11 is 6.67. The predicted octanol–water partition coefficient (Wildman–Crippen LogP) is 3.06. The molecular weight excluding hydrogens is 263 g/mol. The molecule has 0 aliphatic carbocycles. The Morgan fingerprint density at radius 3 is 2.94 bits per heavy atom. The minimum absolute atomic E-state index is 0.0226. The lowest BCUT2D eigenvalue weighted by atomic mass is 10.1. The van der Waals surface area contributed by atoms with E-state index in [2.05, 4.69) is 9.59 Å². The first-order valence-corrected chi connectivity index (χ1v) is 5.99. The van der Waals surface area contributed by atoms with Crippen LogP contribution in [0.2, 0.25) is 5.02 Å². The fourth-order valence-electron chi connectivity index (χ4n) is 1.42. The highest BCUT2D eigenvalue weighted by Gasteiger charge is 2.16. The van der Waals surface area contributed by atoms with Crippen molar-refractivity contribution in [1.29, 1.82) is 0 Å². The third-order valence-corrected chi connectivity index (χ3v) is 3.45. The van der Waals surface area contributed by atoms with Crippen LogP contribution in [0.25, 0.3) is 0 Å². The van der Waals surface area contributed by atoms with Crippen molar-refractivity contribution in [3.8, 4) is 0 Å². The number of aryl methyl sites for hydroxylation is 1. The van der Waals surface area contributed by atoms with Crippen molar-refractivity contribution >= 4 is 28.9 Å². The van der Waals surface area contributed by atoms with Gasteiger partial charge in [0.15, 0.2) is 5.78 Å². The van der Waals surface area contributed by atoms with Crippen molar-refractivity contribution in [3.05, 3.63) is 45.2 Å². The summed E-state index contributed by atoms with van der Waals surface area (Å²) in [4.78, 5) is 12.3. The molecule has 0 saturated heterocycles. The van der Waals surface area contributed by atoms with Gasteiger partial charge in [-0.1, -0.05) is 28.2 Å². The molecule has 0 saturated carbocycles. The van der Waals surface area contributed by atoms with Crippen LogP contribution in [0.15, 0.2) is 18.2 Å². The minimum Gasteiger partial charge on any atom is -0.293 e. The number of halogens is 2. The zero-order valence-corrected chi connectivity index (χ0v) is 10.5. The molecule has 6 heteroatoms. The lowest BCUT2D eigenvalue weighted by Gasteiger charge is -2.02. The average molecular weight is 271 g/mol. The van der Waals surface area contributed by atoms with Gasteiger partial charge in [0.1, 0.15) is 10.7 Å². The Morgan fingerprint density at radius 1 is 1.53 bits per heavy atom. The fraction of sp³-hybridized carbons (Fsp3) is 0.182. The van der Waals surface area contributed by atoms with Crippen LogP contribution in [0.1, 0.15) is 20.9 Å². The number of rotatable bonds is 3. The van der Waals surface area contributed by atoms with Gasteiger partial charge in [0.05, 0.1) is 10.7 Å². The standard InChI is InChI=1S/C11H8ClFN2OS/c1-6-11(17-15-14-6)9(16)5-7-3-2-4-8(12)10(7)13/h2-4H,5H2,1H3. The van der Waals surface area contributed by atoms with E-state index in [1.165, 1.54) is 6.07 Å². The lowest BCUT2D eigenvalue weighted by molar-refractivity contribution is 0.0995. The first kappa shape index (κ1) is 12.1. The number of carbonyl (C=O) groups is 1. The number of ketones is 1. The van der Waals surface area contributed by atoms with Gasteiger partial charge in [-0.25, -0.2) is 4.39 Å². The quantitative estimate of drug-likeness (QED) is 0.805. The second kappa shape index (κ2) is 4.89. The highest BCUT2D eigenvalue weighted by atomic mass is 35.5. The van der Waals surface area contributed by atoms with E-state index in [4.69, 9.17) is 11.6 Å². The summed E-state index contributed by atoms with van der Waals surface area (Å²) in [6.07, 6.45) is -0.0306. The molecule has 0 aliphatic rings. The first-order valence-electron chi connectivity index (χ1n) is 4.84. The molecule has 1 heterocycles. The summed E-state index contributed by atoms with van der Waals surface area (Å²) in [6.45, 7) is 1.70. The average Bonchev–Trinajstić information content (AvgIpc) is 2.71. The van der Waals surface area contributed by atoms with E-state index in [-0.39, 0.29) is 22.8 Å². The van der Waals surface area contributed by atoms with Gasteiger partial charge in [-0.15, -0.1) is 5.10 Å². The SMILES string of the molecule is Cc1nnsc1C(=O)Cc1cccc(Cl)c1F. The van der Waals surface area contributed by atoms with E-state index in [0.29, 0.717) is 10.6 Å². The summed E-state index contributed by atoms with van der Waals surface area (Å²) in [6, 6.07) is 4.61. The van der Waals surface area contributed by atoms with Crippen molar-refractivity contribution in [3.63, 3.8) is 0 Å². The molecule has 2 rings (SSSR count). The maximum atomic E-state index is 13.6. The first-order chi connectivity index (χ1) is 8.09. The van der Waals surface area contributed by atoms with Crippen LogP contribution in [0.5, 0.6) is 0 Å². The molecule has 0 bridgehead atoms. The van der Waals surface area contributed by atoms with Crippen molar-refractivity contribution in [2.24, 2.45) is 0 Å². The van der Waals surface area contributed by atoms with Crippen molar-refractivity contribution < 1.29 is 9.18 Å². The molecule has 0 radical (unpaired) electrons. The Morgan fingerprint density at radius 2 is 2.29 bits per heavy atom. The van der Waals surface area contributed by atoms with Crippen LogP contribution in [0, 0.1) is 12.7 Å². The second-order valence-electron chi connectivity index (χ2n) is 3.50. The van der Waals surface area contributed by atoms with E-state index in [9.17, 15) is 9.18 Å². The number of hydrogen-bond acceptors (Lipinski definition) is 4. The topological polar surface area (TPSA) is 42.9 Å². The molecule has 1 aromatic carbocycles. The molecule has 1 aromatic heterocycles. The number of nitrogens with zero attached hydrogens (tertiary/aromatic N) is 2. The predicted molar refractivity (Wildman–Crippen MR) is 64.1 cm³/mol. The number of aromatic nitrogens is 2. The Hall–Kier alpha value is -1.33. The van der Waals surface area contributed by atoms with Crippen molar-refractivity contribution in [1.82, 2.24) is 9.59 Å². The Kier molecular flexibility index (Phi) is 3.49. The molecule has 0 spiro atoms. The van der Waals surface area contributed by atoms with E-state index >= 15 is 0 Å². The Balaban J connectivity index is 2.25. The van der Waals surface area contributed by atoms with E-state index < -0.39 is 5.82 Å². The largest absolute Gasteiger partial charge is 0.293 e. The van der Waals surface area contributed by atoms with Gasteiger partial charge in [0, 0.05) is 6.42 Å². The van der Waals surface area contributed by atoms with Gasteiger partial charge in [-0.05, 0) is 30.1 Å².